The highest BCUT2D eigenvalue weighted by atomic mass is 35.5. The summed E-state index contributed by atoms with van der Waals surface area (Å²) in [6, 6.07) is 3.76. The average molecular weight is 249 g/mol. The Hall–Kier alpha value is -1.31. The summed E-state index contributed by atoms with van der Waals surface area (Å²) >= 11 is 6.20. The van der Waals surface area contributed by atoms with Gasteiger partial charge in [0.1, 0.15) is 16.9 Å². The van der Waals surface area contributed by atoms with Crippen LogP contribution < -0.4 is 10.2 Å². The Kier molecular flexibility index (Phi) is 2.65. The van der Waals surface area contributed by atoms with Crippen LogP contribution in [0.4, 0.5) is 5.82 Å². The molecule has 4 nitrogen and oxygen atoms in total. The molecule has 17 heavy (non-hydrogen) atoms. The fraction of sp³-hybridized carbons (Fsp3) is 0.500. The van der Waals surface area contributed by atoms with E-state index in [0.717, 1.165) is 32.0 Å². The van der Waals surface area contributed by atoms with Gasteiger partial charge in [0.2, 0.25) is 0 Å². The molecule has 0 amide bonds. The molecule has 0 radical (unpaired) electrons. The number of fused-ring (bicyclic) bond motifs is 1. The maximum Gasteiger partial charge on any atom is 0.148 e. The van der Waals surface area contributed by atoms with Crippen molar-refractivity contribution in [2.24, 2.45) is 11.8 Å². The van der Waals surface area contributed by atoms with Crippen LogP contribution in [0.5, 0.6) is 0 Å². The van der Waals surface area contributed by atoms with E-state index >= 15 is 0 Å². The summed E-state index contributed by atoms with van der Waals surface area (Å²) in [4.78, 5) is 6.53. The molecule has 0 aromatic carbocycles. The highest BCUT2D eigenvalue weighted by Crippen LogP contribution is 2.34. The monoisotopic (exact) mass is 248 g/mol. The molecule has 5 heteroatoms. The second-order valence-corrected chi connectivity index (χ2v) is 5.07. The lowest BCUT2D eigenvalue weighted by Gasteiger charge is -2.19. The third kappa shape index (κ3) is 1.76. The van der Waals surface area contributed by atoms with E-state index in [0.29, 0.717) is 22.4 Å². The summed E-state index contributed by atoms with van der Waals surface area (Å²) in [5, 5.41) is 12.8. The van der Waals surface area contributed by atoms with Crippen LogP contribution in [0.1, 0.15) is 5.56 Å². The number of anilines is 1. The SMILES string of the molecule is N#Cc1ccnc(N2CC3CNCC3C2)c1Cl. The smallest absolute Gasteiger partial charge is 0.148 e. The van der Waals surface area contributed by atoms with Crippen molar-refractivity contribution >= 4 is 17.4 Å². The van der Waals surface area contributed by atoms with Gasteiger partial charge in [0.15, 0.2) is 0 Å². The molecule has 0 aliphatic carbocycles. The maximum atomic E-state index is 8.96. The molecular weight excluding hydrogens is 236 g/mol. The Balaban J connectivity index is 1.89. The zero-order valence-electron chi connectivity index (χ0n) is 9.36. The zero-order chi connectivity index (χ0) is 11.8. The van der Waals surface area contributed by atoms with E-state index in [1.807, 2.05) is 0 Å². The molecule has 2 atom stereocenters. The summed E-state index contributed by atoms with van der Waals surface area (Å²) in [6.07, 6.45) is 1.66. The fourth-order valence-electron chi connectivity index (χ4n) is 2.77. The quantitative estimate of drug-likeness (QED) is 0.813. The van der Waals surface area contributed by atoms with E-state index in [-0.39, 0.29) is 0 Å². The molecule has 3 heterocycles. The molecule has 2 saturated heterocycles. The molecule has 3 rings (SSSR count). The number of nitriles is 1. The first-order valence-corrected chi connectivity index (χ1v) is 6.17. The summed E-state index contributed by atoms with van der Waals surface area (Å²) in [7, 11) is 0. The normalized spacial score (nSPS) is 26.9. The minimum absolute atomic E-state index is 0.489. The van der Waals surface area contributed by atoms with E-state index in [2.05, 4.69) is 21.3 Å². The van der Waals surface area contributed by atoms with E-state index in [9.17, 15) is 0 Å². The number of nitrogens with zero attached hydrogens (tertiary/aromatic N) is 3. The van der Waals surface area contributed by atoms with Crippen LogP contribution in [-0.4, -0.2) is 31.2 Å². The number of hydrogen-bond donors (Lipinski definition) is 1. The molecule has 2 aliphatic heterocycles. The van der Waals surface area contributed by atoms with E-state index < -0.39 is 0 Å². The number of pyridine rings is 1. The topological polar surface area (TPSA) is 52.0 Å². The van der Waals surface area contributed by atoms with Gasteiger partial charge < -0.3 is 10.2 Å². The molecule has 0 spiro atoms. The molecule has 0 saturated carbocycles. The molecule has 88 valence electrons. The van der Waals surface area contributed by atoms with Gasteiger partial charge in [-0.15, -0.1) is 0 Å². The van der Waals surface area contributed by atoms with Gasteiger partial charge in [0.25, 0.3) is 0 Å². The minimum atomic E-state index is 0.489. The fourth-order valence-corrected chi connectivity index (χ4v) is 3.04. The van der Waals surface area contributed by atoms with Gasteiger partial charge >= 0.3 is 0 Å². The molecular formula is C12H13ClN4. The standard InChI is InChI=1S/C12H13ClN4/c13-11-8(3-14)1-2-16-12(11)17-6-9-4-15-5-10(9)7-17/h1-2,9-10,15H,4-7H2. The summed E-state index contributed by atoms with van der Waals surface area (Å²) in [5.74, 6) is 2.15. The summed E-state index contributed by atoms with van der Waals surface area (Å²) in [5.41, 5.74) is 0.506. The van der Waals surface area contributed by atoms with Gasteiger partial charge in [-0.1, -0.05) is 11.6 Å². The number of aromatic nitrogens is 1. The molecule has 2 aliphatic rings. The lowest BCUT2D eigenvalue weighted by atomic mass is 10.0. The summed E-state index contributed by atoms with van der Waals surface area (Å²) in [6.45, 7) is 4.13. The largest absolute Gasteiger partial charge is 0.355 e. The van der Waals surface area contributed by atoms with Crippen LogP contribution >= 0.6 is 11.6 Å². The van der Waals surface area contributed by atoms with Crippen LogP contribution in [0.25, 0.3) is 0 Å². The van der Waals surface area contributed by atoms with Crippen molar-refractivity contribution in [3.8, 4) is 6.07 Å². The molecule has 2 unspecified atom stereocenters. The van der Waals surface area contributed by atoms with E-state index in [1.165, 1.54) is 0 Å². The Labute approximate surface area is 105 Å². The molecule has 2 fully saturated rings. The molecule has 0 bridgehead atoms. The van der Waals surface area contributed by atoms with Crippen molar-refractivity contribution in [2.45, 2.75) is 0 Å². The Morgan fingerprint density at radius 2 is 2.12 bits per heavy atom. The number of nitrogens with one attached hydrogen (secondary N) is 1. The van der Waals surface area contributed by atoms with Crippen molar-refractivity contribution in [3.05, 3.63) is 22.8 Å². The van der Waals surface area contributed by atoms with Crippen LogP contribution in [0.2, 0.25) is 5.02 Å². The van der Waals surface area contributed by atoms with E-state index in [4.69, 9.17) is 16.9 Å². The van der Waals surface area contributed by atoms with Gasteiger partial charge in [-0.2, -0.15) is 5.26 Å². The van der Waals surface area contributed by atoms with Gasteiger partial charge in [0, 0.05) is 32.4 Å². The van der Waals surface area contributed by atoms with E-state index in [1.54, 1.807) is 12.3 Å². The lowest BCUT2D eigenvalue weighted by molar-refractivity contribution is 0.533. The first-order chi connectivity index (χ1) is 8.29. The molecule has 1 N–H and O–H groups in total. The van der Waals surface area contributed by atoms with Crippen molar-refractivity contribution in [2.75, 3.05) is 31.1 Å². The number of hydrogen-bond acceptors (Lipinski definition) is 4. The first kappa shape index (κ1) is 10.8. The number of rotatable bonds is 1. The van der Waals surface area contributed by atoms with Crippen molar-refractivity contribution in [3.63, 3.8) is 0 Å². The Morgan fingerprint density at radius 1 is 1.41 bits per heavy atom. The zero-order valence-corrected chi connectivity index (χ0v) is 10.1. The predicted molar refractivity (Wildman–Crippen MR) is 66.0 cm³/mol. The number of halogens is 1. The highest BCUT2D eigenvalue weighted by Gasteiger charge is 2.37. The van der Waals surface area contributed by atoms with Gasteiger partial charge in [-0.25, -0.2) is 4.98 Å². The van der Waals surface area contributed by atoms with Crippen molar-refractivity contribution < 1.29 is 0 Å². The maximum absolute atomic E-state index is 8.96. The minimum Gasteiger partial charge on any atom is -0.355 e. The van der Waals surface area contributed by atoms with Crippen LogP contribution in [0, 0.1) is 23.2 Å². The second kappa shape index (κ2) is 4.17. The summed E-state index contributed by atoms with van der Waals surface area (Å²) < 4.78 is 0. The van der Waals surface area contributed by atoms with Crippen LogP contribution in [-0.2, 0) is 0 Å². The van der Waals surface area contributed by atoms with Crippen LogP contribution in [0.3, 0.4) is 0 Å². The van der Waals surface area contributed by atoms with Crippen LogP contribution in [0.15, 0.2) is 12.3 Å². The lowest BCUT2D eigenvalue weighted by Crippen LogP contribution is -2.26. The Morgan fingerprint density at radius 3 is 2.76 bits per heavy atom. The third-order valence-electron chi connectivity index (χ3n) is 3.68. The second-order valence-electron chi connectivity index (χ2n) is 4.69. The molecule has 1 aromatic heterocycles. The van der Waals surface area contributed by atoms with Gasteiger partial charge in [-0.05, 0) is 17.9 Å². The highest BCUT2D eigenvalue weighted by molar-refractivity contribution is 6.34. The Bertz CT molecular complexity index is 470. The van der Waals surface area contributed by atoms with Crippen molar-refractivity contribution in [1.29, 1.82) is 5.26 Å². The van der Waals surface area contributed by atoms with Crippen molar-refractivity contribution in [1.82, 2.24) is 10.3 Å². The molecule has 1 aromatic rings. The van der Waals surface area contributed by atoms with Gasteiger partial charge in [0.05, 0.1) is 5.56 Å². The predicted octanol–water partition coefficient (Wildman–Crippen LogP) is 1.26. The third-order valence-corrected chi connectivity index (χ3v) is 4.05. The van der Waals surface area contributed by atoms with Gasteiger partial charge in [-0.3, -0.25) is 0 Å². The average Bonchev–Trinajstić information content (AvgIpc) is 2.89. The first-order valence-electron chi connectivity index (χ1n) is 5.80.